The molecule has 1 rings (SSSR count). The largest absolute Gasteiger partial charge is 0.313 e. The molecule has 0 radical (unpaired) electrons. The van der Waals surface area contributed by atoms with Gasteiger partial charge in [0.05, 0.1) is 0 Å². The first-order valence-corrected chi connectivity index (χ1v) is 6.96. The summed E-state index contributed by atoms with van der Waals surface area (Å²) in [6.45, 7) is 10.2. The molecular formula is C15H24F2N2. The fraction of sp³-hybridized carbons (Fsp3) is 0.600. The number of hydrogen-bond acceptors (Lipinski definition) is 2. The Labute approximate surface area is 114 Å². The lowest BCUT2D eigenvalue weighted by atomic mass is 10.1. The van der Waals surface area contributed by atoms with Gasteiger partial charge in [-0.2, -0.15) is 0 Å². The summed E-state index contributed by atoms with van der Waals surface area (Å²) < 4.78 is 26.2. The van der Waals surface area contributed by atoms with Gasteiger partial charge in [-0.1, -0.05) is 19.9 Å². The van der Waals surface area contributed by atoms with E-state index in [4.69, 9.17) is 0 Å². The molecule has 0 heterocycles. The van der Waals surface area contributed by atoms with E-state index in [0.29, 0.717) is 24.6 Å². The predicted molar refractivity (Wildman–Crippen MR) is 75.3 cm³/mol. The second kappa shape index (κ2) is 8.23. The van der Waals surface area contributed by atoms with Gasteiger partial charge in [0, 0.05) is 18.7 Å². The quantitative estimate of drug-likeness (QED) is 0.781. The van der Waals surface area contributed by atoms with Gasteiger partial charge in [-0.05, 0) is 44.6 Å². The van der Waals surface area contributed by atoms with Crippen LogP contribution < -0.4 is 5.32 Å². The van der Waals surface area contributed by atoms with Gasteiger partial charge >= 0.3 is 0 Å². The molecule has 0 aliphatic rings. The Bertz CT molecular complexity index is 378. The van der Waals surface area contributed by atoms with Crippen LogP contribution in [0.5, 0.6) is 0 Å². The molecule has 0 bridgehead atoms. The van der Waals surface area contributed by atoms with E-state index in [-0.39, 0.29) is 0 Å². The maximum Gasteiger partial charge on any atom is 0.129 e. The molecule has 1 aromatic rings. The third kappa shape index (κ3) is 5.66. The zero-order valence-corrected chi connectivity index (χ0v) is 12.0. The van der Waals surface area contributed by atoms with Gasteiger partial charge in [0.15, 0.2) is 0 Å². The zero-order valence-electron chi connectivity index (χ0n) is 12.0. The van der Waals surface area contributed by atoms with Crippen molar-refractivity contribution < 1.29 is 8.78 Å². The average Bonchev–Trinajstić information content (AvgIpc) is 2.38. The van der Waals surface area contributed by atoms with Gasteiger partial charge in [-0.3, -0.25) is 0 Å². The minimum Gasteiger partial charge on any atom is -0.313 e. The van der Waals surface area contributed by atoms with Gasteiger partial charge in [-0.15, -0.1) is 0 Å². The summed E-state index contributed by atoms with van der Waals surface area (Å²) in [6.07, 6.45) is 0.578. The van der Waals surface area contributed by atoms with Crippen LogP contribution in [0.2, 0.25) is 0 Å². The van der Waals surface area contributed by atoms with Crippen LogP contribution in [0, 0.1) is 11.6 Å². The molecule has 4 heteroatoms. The van der Waals surface area contributed by atoms with Crippen LogP contribution >= 0.6 is 0 Å². The summed E-state index contributed by atoms with van der Waals surface area (Å²) in [5.74, 6) is -0.984. The van der Waals surface area contributed by atoms with E-state index in [1.165, 1.54) is 12.1 Å². The molecule has 19 heavy (non-hydrogen) atoms. The van der Waals surface area contributed by atoms with Crippen LogP contribution in [0.15, 0.2) is 18.2 Å². The monoisotopic (exact) mass is 270 g/mol. The molecule has 1 aromatic carbocycles. The fourth-order valence-electron chi connectivity index (χ4n) is 2.11. The lowest BCUT2D eigenvalue weighted by Crippen LogP contribution is -2.39. The molecule has 0 saturated carbocycles. The number of hydrogen-bond donors (Lipinski definition) is 1. The van der Waals surface area contributed by atoms with Crippen LogP contribution in [-0.2, 0) is 6.42 Å². The smallest absolute Gasteiger partial charge is 0.129 e. The third-order valence-corrected chi connectivity index (χ3v) is 3.33. The van der Waals surface area contributed by atoms with Crippen LogP contribution in [0.3, 0.4) is 0 Å². The molecule has 0 fully saturated rings. The Balaban J connectivity index is 2.33. The van der Waals surface area contributed by atoms with Crippen molar-refractivity contribution in [2.24, 2.45) is 0 Å². The Morgan fingerprint density at radius 3 is 2.47 bits per heavy atom. The molecule has 0 spiro atoms. The number of nitrogens with zero attached hydrogens (tertiary/aromatic N) is 1. The fourth-order valence-corrected chi connectivity index (χ4v) is 2.11. The van der Waals surface area contributed by atoms with Gasteiger partial charge in [0.1, 0.15) is 11.6 Å². The standard InChI is InChI=1S/C15H24F2N2/c1-4-19(5-2)11-12(3)18-9-8-13-6-7-14(16)10-15(13)17/h6-7,10,12,18H,4-5,8-9,11H2,1-3H3. The highest BCUT2D eigenvalue weighted by molar-refractivity contribution is 5.18. The van der Waals surface area contributed by atoms with E-state index in [0.717, 1.165) is 25.7 Å². The lowest BCUT2D eigenvalue weighted by Gasteiger charge is -2.23. The van der Waals surface area contributed by atoms with E-state index >= 15 is 0 Å². The number of likely N-dealkylation sites (N-methyl/N-ethyl adjacent to an activating group) is 1. The van der Waals surface area contributed by atoms with Crippen molar-refractivity contribution in [2.45, 2.75) is 33.2 Å². The topological polar surface area (TPSA) is 15.3 Å². The van der Waals surface area contributed by atoms with Crippen molar-refractivity contribution in [3.8, 4) is 0 Å². The normalized spacial score (nSPS) is 12.9. The van der Waals surface area contributed by atoms with Gasteiger partial charge in [0.25, 0.3) is 0 Å². The molecule has 0 aromatic heterocycles. The highest BCUT2D eigenvalue weighted by Crippen LogP contribution is 2.09. The van der Waals surface area contributed by atoms with E-state index in [9.17, 15) is 8.78 Å². The van der Waals surface area contributed by atoms with Crippen LogP contribution in [0.4, 0.5) is 8.78 Å². The van der Waals surface area contributed by atoms with E-state index in [1.807, 2.05) is 0 Å². The molecule has 1 atom stereocenters. The molecule has 0 saturated heterocycles. The molecule has 2 nitrogen and oxygen atoms in total. The van der Waals surface area contributed by atoms with Crippen LogP contribution in [0.1, 0.15) is 26.3 Å². The zero-order chi connectivity index (χ0) is 14.3. The van der Waals surface area contributed by atoms with Crippen molar-refractivity contribution in [1.82, 2.24) is 10.2 Å². The Hall–Kier alpha value is -1.00. The summed E-state index contributed by atoms with van der Waals surface area (Å²) in [7, 11) is 0. The Morgan fingerprint density at radius 1 is 1.21 bits per heavy atom. The van der Waals surface area contributed by atoms with Crippen LogP contribution in [0.25, 0.3) is 0 Å². The van der Waals surface area contributed by atoms with Crippen LogP contribution in [-0.4, -0.2) is 37.1 Å². The van der Waals surface area contributed by atoms with Gasteiger partial charge < -0.3 is 10.2 Å². The number of benzene rings is 1. The summed E-state index contributed by atoms with van der Waals surface area (Å²) >= 11 is 0. The first-order chi connectivity index (χ1) is 9.06. The van der Waals surface area contributed by atoms with Crippen molar-refractivity contribution in [2.75, 3.05) is 26.2 Å². The molecule has 1 unspecified atom stereocenters. The summed E-state index contributed by atoms with van der Waals surface area (Å²) in [6, 6.07) is 4.12. The van der Waals surface area contributed by atoms with E-state index in [1.54, 1.807) is 0 Å². The maximum absolute atomic E-state index is 13.4. The third-order valence-electron chi connectivity index (χ3n) is 3.33. The molecule has 108 valence electrons. The number of nitrogens with one attached hydrogen (secondary N) is 1. The lowest BCUT2D eigenvalue weighted by molar-refractivity contribution is 0.272. The highest BCUT2D eigenvalue weighted by atomic mass is 19.1. The molecule has 0 aliphatic heterocycles. The predicted octanol–water partition coefficient (Wildman–Crippen LogP) is 2.83. The SMILES string of the molecule is CCN(CC)CC(C)NCCc1ccc(F)cc1F. The summed E-state index contributed by atoms with van der Waals surface area (Å²) in [5.41, 5.74) is 0.559. The first-order valence-electron chi connectivity index (χ1n) is 6.96. The maximum atomic E-state index is 13.4. The molecule has 0 aliphatic carbocycles. The average molecular weight is 270 g/mol. The first kappa shape index (κ1) is 16.1. The molecule has 0 amide bonds. The molecular weight excluding hydrogens is 246 g/mol. The van der Waals surface area contributed by atoms with E-state index < -0.39 is 11.6 Å². The number of rotatable bonds is 8. The second-order valence-corrected chi connectivity index (χ2v) is 4.83. The minimum atomic E-state index is -0.524. The Morgan fingerprint density at radius 2 is 1.89 bits per heavy atom. The van der Waals surface area contributed by atoms with E-state index in [2.05, 4.69) is 31.0 Å². The number of halogens is 2. The Kier molecular flexibility index (Phi) is 6.95. The minimum absolute atomic E-state index is 0.364. The second-order valence-electron chi connectivity index (χ2n) is 4.83. The summed E-state index contributed by atoms with van der Waals surface area (Å²) in [5, 5.41) is 3.37. The summed E-state index contributed by atoms with van der Waals surface area (Å²) in [4.78, 5) is 2.34. The highest BCUT2D eigenvalue weighted by Gasteiger charge is 2.07. The van der Waals surface area contributed by atoms with Crippen molar-refractivity contribution in [3.05, 3.63) is 35.4 Å². The van der Waals surface area contributed by atoms with Gasteiger partial charge in [-0.25, -0.2) is 8.78 Å². The van der Waals surface area contributed by atoms with Crippen molar-refractivity contribution in [3.63, 3.8) is 0 Å². The molecule has 1 N–H and O–H groups in total. The van der Waals surface area contributed by atoms with Crippen molar-refractivity contribution in [1.29, 1.82) is 0 Å². The van der Waals surface area contributed by atoms with Gasteiger partial charge in [0.2, 0.25) is 0 Å². The van der Waals surface area contributed by atoms with Crippen molar-refractivity contribution >= 4 is 0 Å².